The standard InChI is InChI=1S/C12H17NO4S2.Na.H/c14-19(15,16)13-7-12(18)6-11(13)9-17-8-10-4-2-1-3-5-10;;/h1-5,11-12,18H,6-9H2,(H,14,15,16);;. The molecule has 1 heterocycles. The average molecular weight is 327 g/mol. The Labute approximate surface area is 147 Å². The zero-order valence-corrected chi connectivity index (χ0v) is 12.1. The quantitative estimate of drug-likeness (QED) is 0.475. The average Bonchev–Trinajstić information content (AvgIpc) is 2.72. The van der Waals surface area contributed by atoms with E-state index in [0.29, 0.717) is 13.0 Å². The van der Waals surface area contributed by atoms with E-state index >= 15 is 0 Å². The monoisotopic (exact) mass is 327 g/mol. The Morgan fingerprint density at radius 1 is 1.35 bits per heavy atom. The van der Waals surface area contributed by atoms with Crippen molar-refractivity contribution in [3.05, 3.63) is 35.9 Å². The molecule has 1 aromatic rings. The molecule has 2 rings (SSSR count). The molecule has 20 heavy (non-hydrogen) atoms. The molecule has 2 unspecified atom stereocenters. The molecule has 1 aromatic carbocycles. The van der Waals surface area contributed by atoms with Crippen LogP contribution in [0, 0.1) is 0 Å². The first-order valence-corrected chi connectivity index (χ1v) is 7.92. The van der Waals surface area contributed by atoms with Gasteiger partial charge in [0.1, 0.15) is 0 Å². The summed E-state index contributed by atoms with van der Waals surface area (Å²) in [7, 11) is -4.18. The van der Waals surface area contributed by atoms with Gasteiger partial charge in [0.2, 0.25) is 0 Å². The zero-order valence-electron chi connectivity index (χ0n) is 10.3. The molecule has 0 aliphatic carbocycles. The fourth-order valence-electron chi connectivity index (χ4n) is 2.18. The van der Waals surface area contributed by atoms with Crippen LogP contribution in [0.1, 0.15) is 12.0 Å². The Bertz CT molecular complexity index is 511. The fraction of sp³-hybridized carbons (Fsp3) is 0.500. The van der Waals surface area contributed by atoms with Crippen LogP contribution in [0.25, 0.3) is 0 Å². The topological polar surface area (TPSA) is 66.8 Å². The maximum absolute atomic E-state index is 11.2. The number of ether oxygens (including phenoxy) is 1. The summed E-state index contributed by atoms with van der Waals surface area (Å²) in [6, 6.07) is 9.30. The van der Waals surface area contributed by atoms with E-state index in [1.807, 2.05) is 30.3 Å². The van der Waals surface area contributed by atoms with Gasteiger partial charge in [0.15, 0.2) is 0 Å². The number of rotatable bonds is 5. The van der Waals surface area contributed by atoms with E-state index < -0.39 is 10.3 Å². The third kappa shape index (κ3) is 5.31. The van der Waals surface area contributed by atoms with Crippen molar-refractivity contribution < 1.29 is 17.7 Å². The van der Waals surface area contributed by atoms with E-state index in [1.54, 1.807) is 0 Å². The summed E-state index contributed by atoms with van der Waals surface area (Å²) in [6.45, 7) is 0.904. The van der Waals surface area contributed by atoms with Crippen molar-refractivity contribution in [2.24, 2.45) is 0 Å². The molecule has 1 fully saturated rings. The van der Waals surface area contributed by atoms with Gasteiger partial charge in [0, 0.05) is 11.8 Å². The first kappa shape index (κ1) is 18.4. The van der Waals surface area contributed by atoms with Crippen LogP contribution in [0.15, 0.2) is 30.3 Å². The van der Waals surface area contributed by atoms with Gasteiger partial charge in [-0.25, -0.2) is 0 Å². The van der Waals surface area contributed by atoms with Crippen LogP contribution in [0.4, 0.5) is 0 Å². The van der Waals surface area contributed by atoms with Gasteiger partial charge in [-0.1, -0.05) is 30.3 Å². The second-order valence-corrected chi connectivity index (χ2v) is 6.69. The SMILES string of the molecule is O=S(=O)(O)N1CC(S)CC1COCc1ccccc1.[NaH]. The summed E-state index contributed by atoms with van der Waals surface area (Å²) in [4.78, 5) is 0. The van der Waals surface area contributed by atoms with E-state index in [9.17, 15) is 8.42 Å². The number of hydrogen-bond donors (Lipinski definition) is 2. The van der Waals surface area contributed by atoms with Crippen LogP contribution in [0.2, 0.25) is 0 Å². The predicted octanol–water partition coefficient (Wildman–Crippen LogP) is 0.730. The van der Waals surface area contributed by atoms with Crippen molar-refractivity contribution in [1.29, 1.82) is 0 Å². The Morgan fingerprint density at radius 3 is 2.60 bits per heavy atom. The van der Waals surface area contributed by atoms with Crippen LogP contribution in [-0.4, -0.2) is 71.3 Å². The van der Waals surface area contributed by atoms with Crippen molar-refractivity contribution in [1.82, 2.24) is 4.31 Å². The van der Waals surface area contributed by atoms with Crippen molar-refractivity contribution in [2.75, 3.05) is 13.2 Å². The summed E-state index contributed by atoms with van der Waals surface area (Å²) < 4.78 is 38.1. The Balaban J connectivity index is 0.00000200. The fourth-order valence-corrected chi connectivity index (χ4v) is 3.61. The molecule has 0 spiro atoms. The summed E-state index contributed by atoms with van der Waals surface area (Å²) in [5, 5.41) is -0.0627. The Kier molecular flexibility index (Phi) is 7.51. The van der Waals surface area contributed by atoms with E-state index in [2.05, 4.69) is 12.6 Å². The molecule has 0 saturated carbocycles. The van der Waals surface area contributed by atoms with Crippen LogP contribution in [0.5, 0.6) is 0 Å². The first-order valence-electron chi connectivity index (χ1n) is 6.01. The number of benzene rings is 1. The predicted molar refractivity (Wildman–Crippen MR) is 82.7 cm³/mol. The van der Waals surface area contributed by atoms with Crippen LogP contribution >= 0.6 is 12.6 Å². The number of thiol groups is 1. The van der Waals surface area contributed by atoms with Gasteiger partial charge in [0.25, 0.3) is 0 Å². The van der Waals surface area contributed by atoms with Gasteiger partial charge in [-0.3, -0.25) is 4.55 Å². The van der Waals surface area contributed by atoms with Crippen LogP contribution in [-0.2, 0) is 21.6 Å². The summed E-state index contributed by atoms with van der Waals surface area (Å²) in [5.74, 6) is 0. The van der Waals surface area contributed by atoms with Gasteiger partial charge in [-0.05, 0) is 12.0 Å². The van der Waals surface area contributed by atoms with E-state index in [4.69, 9.17) is 9.29 Å². The van der Waals surface area contributed by atoms with Crippen molar-refractivity contribution in [2.45, 2.75) is 24.3 Å². The van der Waals surface area contributed by atoms with Gasteiger partial charge >= 0.3 is 39.9 Å². The minimum absolute atomic E-state index is 0. The van der Waals surface area contributed by atoms with Gasteiger partial charge < -0.3 is 4.74 Å². The molecule has 0 amide bonds. The van der Waals surface area contributed by atoms with Gasteiger partial charge in [-0.2, -0.15) is 25.4 Å². The molecule has 0 bridgehead atoms. The molecule has 5 nitrogen and oxygen atoms in total. The van der Waals surface area contributed by atoms with Gasteiger partial charge in [-0.15, -0.1) is 0 Å². The first-order chi connectivity index (χ1) is 8.97. The zero-order chi connectivity index (χ0) is 13.9. The maximum atomic E-state index is 11.2. The van der Waals surface area contributed by atoms with Crippen molar-refractivity contribution >= 4 is 52.5 Å². The third-order valence-electron chi connectivity index (χ3n) is 3.06. The number of nitrogens with zero attached hydrogens (tertiary/aromatic N) is 1. The summed E-state index contributed by atoms with van der Waals surface area (Å²) >= 11 is 4.26. The normalized spacial score (nSPS) is 23.5. The molecule has 8 heteroatoms. The van der Waals surface area contributed by atoms with Gasteiger partial charge in [0.05, 0.1) is 19.3 Å². The summed E-state index contributed by atoms with van der Waals surface area (Å²) in [5.41, 5.74) is 1.03. The van der Waals surface area contributed by atoms with E-state index in [1.165, 1.54) is 0 Å². The molecule has 1 saturated heterocycles. The molecular weight excluding hydrogens is 309 g/mol. The van der Waals surface area contributed by atoms with E-state index in [0.717, 1.165) is 9.87 Å². The second kappa shape index (κ2) is 8.14. The molecule has 0 radical (unpaired) electrons. The second-order valence-electron chi connectivity index (χ2n) is 4.59. The van der Waals surface area contributed by atoms with Crippen molar-refractivity contribution in [3.8, 4) is 0 Å². The Morgan fingerprint density at radius 2 is 2.00 bits per heavy atom. The van der Waals surface area contributed by atoms with Crippen molar-refractivity contribution in [3.63, 3.8) is 0 Å². The number of hydrogen-bond acceptors (Lipinski definition) is 4. The Hall–Kier alpha value is 0.400. The third-order valence-corrected chi connectivity index (χ3v) is 4.47. The molecule has 2 atom stereocenters. The summed E-state index contributed by atoms with van der Waals surface area (Å²) in [6.07, 6.45) is 0.581. The molecule has 108 valence electrons. The van der Waals surface area contributed by atoms with Crippen LogP contribution < -0.4 is 0 Å². The molecule has 0 aromatic heterocycles. The van der Waals surface area contributed by atoms with E-state index in [-0.39, 0.29) is 54.0 Å². The molecule has 1 aliphatic heterocycles. The van der Waals surface area contributed by atoms with Crippen LogP contribution in [0.3, 0.4) is 0 Å². The molecule has 1 N–H and O–H groups in total. The minimum atomic E-state index is -4.18. The molecular formula is C12H18NNaO4S2. The molecule has 1 aliphatic rings.